The van der Waals surface area contributed by atoms with Gasteiger partial charge in [-0.15, -0.1) is 0 Å². The number of nitrogens with one attached hydrogen (secondary N) is 1. The van der Waals surface area contributed by atoms with E-state index in [0.717, 1.165) is 29.8 Å². The maximum Gasteiger partial charge on any atom is 0.128 e. The molecular weight excluding hydrogens is 416 g/mol. The molecule has 1 N–H and O–H groups in total. The van der Waals surface area contributed by atoms with Gasteiger partial charge in [0.1, 0.15) is 5.75 Å². The normalized spacial score (nSPS) is 21.2. The first kappa shape index (κ1) is 20.8. The van der Waals surface area contributed by atoms with Crippen LogP contribution in [0.3, 0.4) is 0 Å². The summed E-state index contributed by atoms with van der Waals surface area (Å²) in [5.74, 6) is 1.84. The molecular formula is C28H27ClN2O. The van der Waals surface area contributed by atoms with E-state index >= 15 is 0 Å². The maximum absolute atomic E-state index is 6.19. The molecule has 4 heteroatoms. The van der Waals surface area contributed by atoms with E-state index in [2.05, 4.69) is 77.9 Å². The van der Waals surface area contributed by atoms with Crippen LogP contribution in [0.5, 0.6) is 5.75 Å². The topological polar surface area (TPSA) is 33.6 Å². The van der Waals surface area contributed by atoms with Crippen molar-refractivity contribution in [3.05, 3.63) is 101 Å². The van der Waals surface area contributed by atoms with Crippen molar-refractivity contribution >= 4 is 29.2 Å². The predicted octanol–water partition coefficient (Wildman–Crippen LogP) is 7.71. The minimum absolute atomic E-state index is 0.296. The second-order valence-electron chi connectivity index (χ2n) is 8.44. The van der Waals surface area contributed by atoms with Crippen molar-refractivity contribution in [2.45, 2.75) is 31.7 Å². The molecule has 1 heterocycles. The number of fused-ring (bicyclic) bond motifs is 3. The van der Waals surface area contributed by atoms with E-state index in [1.807, 2.05) is 24.4 Å². The van der Waals surface area contributed by atoms with Gasteiger partial charge < -0.3 is 10.1 Å². The standard InChI is InChI=1S/C28H27ClN2O/c1-2-16-32-27-15-12-21(29)17-20(27)18-30-22-13-10-19(11-14-22)28-25-8-5-7-23(25)24-6-3-4-9-26(24)31-28/h3-7,9-15,17-18,23,25,28,31H,2,8,16H2,1H3/t23-,25+,28+/m1/s1. The minimum atomic E-state index is 0.296. The third-order valence-electron chi connectivity index (χ3n) is 6.31. The Labute approximate surface area is 194 Å². The monoisotopic (exact) mass is 442 g/mol. The second-order valence-corrected chi connectivity index (χ2v) is 8.88. The number of benzene rings is 3. The molecule has 3 aromatic rings. The minimum Gasteiger partial charge on any atom is -0.493 e. The zero-order chi connectivity index (χ0) is 21.9. The first-order valence-electron chi connectivity index (χ1n) is 11.3. The van der Waals surface area contributed by atoms with Crippen molar-refractivity contribution < 1.29 is 4.74 Å². The van der Waals surface area contributed by atoms with Gasteiger partial charge in [-0.2, -0.15) is 0 Å². The van der Waals surface area contributed by atoms with Crippen LogP contribution in [-0.2, 0) is 0 Å². The Morgan fingerprint density at radius 3 is 2.78 bits per heavy atom. The number of hydrogen-bond donors (Lipinski definition) is 1. The quantitative estimate of drug-likeness (QED) is 0.313. The Morgan fingerprint density at radius 1 is 1.09 bits per heavy atom. The first-order valence-corrected chi connectivity index (χ1v) is 11.7. The molecule has 2 aliphatic rings. The highest BCUT2D eigenvalue weighted by molar-refractivity contribution is 6.30. The fraction of sp³-hybridized carbons (Fsp3) is 0.250. The summed E-state index contributed by atoms with van der Waals surface area (Å²) in [6.45, 7) is 2.76. The lowest BCUT2D eigenvalue weighted by atomic mass is 9.77. The lowest BCUT2D eigenvalue weighted by molar-refractivity contribution is 0.317. The Balaban J connectivity index is 1.36. The van der Waals surface area contributed by atoms with Crippen LogP contribution < -0.4 is 10.1 Å². The Morgan fingerprint density at radius 2 is 1.94 bits per heavy atom. The zero-order valence-electron chi connectivity index (χ0n) is 18.2. The Kier molecular flexibility index (Phi) is 6.00. The van der Waals surface area contributed by atoms with Crippen LogP contribution in [0.25, 0.3) is 0 Å². The number of nitrogens with zero attached hydrogens (tertiary/aromatic N) is 1. The van der Waals surface area contributed by atoms with Crippen LogP contribution in [0.2, 0.25) is 5.02 Å². The van der Waals surface area contributed by atoms with Gasteiger partial charge in [0.25, 0.3) is 0 Å². The number of ether oxygens (including phenoxy) is 1. The SMILES string of the molecule is CCCOc1ccc(Cl)cc1C=Nc1ccc([C@@H]2Nc3ccccc3[C@H]3C=CC[C@@H]32)cc1. The van der Waals surface area contributed by atoms with Crippen LogP contribution in [-0.4, -0.2) is 12.8 Å². The molecule has 5 rings (SSSR count). The number of rotatable bonds is 6. The Hall–Kier alpha value is -3.04. The van der Waals surface area contributed by atoms with Gasteiger partial charge in [0.2, 0.25) is 0 Å². The highest BCUT2D eigenvalue weighted by Gasteiger charge is 2.37. The number of allylic oxidation sites excluding steroid dienone is 2. The molecule has 3 aromatic carbocycles. The van der Waals surface area contributed by atoms with Gasteiger partial charge in [0.15, 0.2) is 0 Å². The van der Waals surface area contributed by atoms with Gasteiger partial charge in [-0.1, -0.05) is 61.0 Å². The summed E-state index contributed by atoms with van der Waals surface area (Å²) in [7, 11) is 0. The summed E-state index contributed by atoms with van der Waals surface area (Å²) >= 11 is 6.19. The molecule has 0 amide bonds. The van der Waals surface area contributed by atoms with E-state index in [9.17, 15) is 0 Å². The van der Waals surface area contributed by atoms with E-state index in [1.165, 1.54) is 16.8 Å². The summed E-state index contributed by atoms with van der Waals surface area (Å²) < 4.78 is 5.83. The van der Waals surface area contributed by atoms with Crippen LogP contribution >= 0.6 is 11.6 Å². The molecule has 162 valence electrons. The van der Waals surface area contributed by atoms with Gasteiger partial charge in [0, 0.05) is 28.4 Å². The largest absolute Gasteiger partial charge is 0.493 e. The summed E-state index contributed by atoms with van der Waals surface area (Å²) in [5, 5.41) is 4.46. The number of para-hydroxylation sites is 1. The molecule has 0 radical (unpaired) electrons. The maximum atomic E-state index is 6.19. The van der Waals surface area contributed by atoms with E-state index in [-0.39, 0.29) is 0 Å². The van der Waals surface area contributed by atoms with E-state index in [0.29, 0.717) is 29.5 Å². The molecule has 3 nitrogen and oxygen atoms in total. The highest BCUT2D eigenvalue weighted by atomic mass is 35.5. The van der Waals surface area contributed by atoms with Gasteiger partial charge in [-0.05, 0) is 66.3 Å². The molecule has 0 saturated carbocycles. The van der Waals surface area contributed by atoms with Crippen LogP contribution in [0.1, 0.15) is 48.4 Å². The number of hydrogen-bond acceptors (Lipinski definition) is 3. The zero-order valence-corrected chi connectivity index (χ0v) is 18.9. The van der Waals surface area contributed by atoms with Crippen LogP contribution in [0.4, 0.5) is 11.4 Å². The van der Waals surface area contributed by atoms with Crippen molar-refractivity contribution in [3.8, 4) is 5.75 Å². The molecule has 0 aromatic heterocycles. The van der Waals surface area contributed by atoms with Gasteiger partial charge in [-0.3, -0.25) is 4.99 Å². The third-order valence-corrected chi connectivity index (χ3v) is 6.55. The first-order chi connectivity index (χ1) is 15.7. The number of aliphatic imine (C=N–C) groups is 1. The molecule has 1 aliphatic carbocycles. The average molecular weight is 443 g/mol. The Bertz CT molecular complexity index is 1150. The summed E-state index contributed by atoms with van der Waals surface area (Å²) in [5.41, 5.74) is 5.75. The van der Waals surface area contributed by atoms with Crippen LogP contribution in [0, 0.1) is 5.92 Å². The summed E-state index contributed by atoms with van der Waals surface area (Å²) in [6, 6.07) is 23.2. The average Bonchev–Trinajstić information content (AvgIpc) is 3.32. The highest BCUT2D eigenvalue weighted by Crippen LogP contribution is 2.49. The molecule has 1 aliphatic heterocycles. The molecule has 0 saturated heterocycles. The third kappa shape index (κ3) is 4.18. The van der Waals surface area contributed by atoms with E-state index in [4.69, 9.17) is 16.3 Å². The van der Waals surface area contributed by atoms with Gasteiger partial charge >= 0.3 is 0 Å². The smallest absolute Gasteiger partial charge is 0.128 e. The van der Waals surface area contributed by atoms with E-state index < -0.39 is 0 Å². The molecule has 0 bridgehead atoms. The van der Waals surface area contributed by atoms with Crippen molar-refractivity contribution in [2.24, 2.45) is 10.9 Å². The molecule has 32 heavy (non-hydrogen) atoms. The van der Waals surface area contributed by atoms with Crippen LogP contribution in [0.15, 0.2) is 83.9 Å². The van der Waals surface area contributed by atoms with Gasteiger partial charge in [-0.25, -0.2) is 0 Å². The molecule has 0 unspecified atom stereocenters. The van der Waals surface area contributed by atoms with Crippen molar-refractivity contribution in [1.29, 1.82) is 0 Å². The number of halogens is 1. The lowest BCUT2D eigenvalue weighted by Gasteiger charge is -2.37. The predicted molar refractivity (Wildman–Crippen MR) is 134 cm³/mol. The van der Waals surface area contributed by atoms with Gasteiger partial charge in [0.05, 0.1) is 18.3 Å². The fourth-order valence-electron chi connectivity index (χ4n) is 4.75. The van der Waals surface area contributed by atoms with Crippen molar-refractivity contribution in [2.75, 3.05) is 11.9 Å². The molecule has 0 spiro atoms. The number of anilines is 1. The summed E-state index contributed by atoms with van der Waals surface area (Å²) in [4.78, 5) is 4.68. The lowest BCUT2D eigenvalue weighted by Crippen LogP contribution is -2.28. The fourth-order valence-corrected chi connectivity index (χ4v) is 4.93. The summed E-state index contributed by atoms with van der Waals surface area (Å²) in [6.07, 6.45) is 8.59. The van der Waals surface area contributed by atoms with Crippen molar-refractivity contribution in [1.82, 2.24) is 0 Å². The second kappa shape index (κ2) is 9.22. The molecule has 3 atom stereocenters. The molecule has 0 fully saturated rings. The van der Waals surface area contributed by atoms with E-state index in [1.54, 1.807) is 0 Å². The van der Waals surface area contributed by atoms with Crippen molar-refractivity contribution in [3.63, 3.8) is 0 Å².